The van der Waals surface area contributed by atoms with Crippen molar-refractivity contribution >= 4 is 0 Å². The van der Waals surface area contributed by atoms with Crippen LogP contribution in [0.4, 0.5) is 0 Å². The van der Waals surface area contributed by atoms with E-state index in [2.05, 4.69) is 34.3 Å². The normalized spacial score (nSPS) is 28.5. The molecule has 0 radical (unpaired) electrons. The lowest BCUT2D eigenvalue weighted by atomic mass is 9.80. The summed E-state index contributed by atoms with van der Waals surface area (Å²) in [6, 6.07) is 0.850. The van der Waals surface area contributed by atoms with Crippen LogP contribution in [0.2, 0.25) is 0 Å². The number of aromatic nitrogens is 4. The predicted octanol–water partition coefficient (Wildman–Crippen LogP) is 0.567. The average molecular weight is 250 g/mol. The fourth-order valence-corrected chi connectivity index (χ4v) is 2.74. The van der Waals surface area contributed by atoms with E-state index in [9.17, 15) is 0 Å². The van der Waals surface area contributed by atoms with Gasteiger partial charge >= 0.3 is 0 Å². The van der Waals surface area contributed by atoms with Crippen molar-refractivity contribution in [2.75, 3.05) is 13.1 Å². The van der Waals surface area contributed by atoms with Gasteiger partial charge in [0.2, 0.25) is 0 Å². The molecule has 6 heteroatoms. The Bertz CT molecular complexity index is 422. The monoisotopic (exact) mass is 250 g/mol. The van der Waals surface area contributed by atoms with E-state index >= 15 is 0 Å². The SMILES string of the molecule is CC1(C)CN(Cc2nnnn2C2CC2)CCC1N. The summed E-state index contributed by atoms with van der Waals surface area (Å²) >= 11 is 0. The number of nitrogens with zero attached hydrogens (tertiary/aromatic N) is 5. The Kier molecular flexibility index (Phi) is 2.86. The molecule has 3 rings (SSSR count). The van der Waals surface area contributed by atoms with E-state index < -0.39 is 0 Å². The fourth-order valence-electron chi connectivity index (χ4n) is 2.74. The molecular weight excluding hydrogens is 228 g/mol. The maximum absolute atomic E-state index is 6.16. The van der Waals surface area contributed by atoms with Gasteiger partial charge in [-0.2, -0.15) is 0 Å². The molecule has 2 N–H and O–H groups in total. The van der Waals surface area contributed by atoms with Crippen molar-refractivity contribution in [3.8, 4) is 0 Å². The van der Waals surface area contributed by atoms with Gasteiger partial charge in [-0.1, -0.05) is 13.8 Å². The van der Waals surface area contributed by atoms with E-state index in [0.717, 1.165) is 31.9 Å². The summed E-state index contributed by atoms with van der Waals surface area (Å²) in [6.07, 6.45) is 3.49. The molecule has 1 atom stereocenters. The highest BCUT2D eigenvalue weighted by molar-refractivity contribution is 4.94. The fraction of sp³-hybridized carbons (Fsp3) is 0.917. The first-order valence-electron chi connectivity index (χ1n) is 6.81. The largest absolute Gasteiger partial charge is 0.327 e. The minimum absolute atomic E-state index is 0.177. The Balaban J connectivity index is 1.67. The van der Waals surface area contributed by atoms with Gasteiger partial charge in [0.05, 0.1) is 12.6 Å². The molecule has 100 valence electrons. The zero-order chi connectivity index (χ0) is 12.8. The molecule has 0 aromatic carbocycles. The smallest absolute Gasteiger partial charge is 0.165 e. The lowest BCUT2D eigenvalue weighted by Crippen LogP contribution is -2.52. The van der Waals surface area contributed by atoms with Gasteiger partial charge < -0.3 is 5.73 Å². The minimum atomic E-state index is 0.177. The molecule has 1 aromatic rings. The molecule has 6 nitrogen and oxygen atoms in total. The summed E-state index contributed by atoms with van der Waals surface area (Å²) in [5, 5.41) is 12.1. The third-order valence-corrected chi connectivity index (χ3v) is 4.21. The second-order valence-corrected chi connectivity index (χ2v) is 6.37. The third-order valence-electron chi connectivity index (χ3n) is 4.21. The lowest BCUT2D eigenvalue weighted by molar-refractivity contribution is 0.0866. The van der Waals surface area contributed by atoms with E-state index in [-0.39, 0.29) is 5.41 Å². The molecule has 0 spiro atoms. The van der Waals surface area contributed by atoms with Crippen LogP contribution in [0.1, 0.15) is 45.0 Å². The van der Waals surface area contributed by atoms with Crippen LogP contribution in [0.25, 0.3) is 0 Å². The molecule has 2 aliphatic rings. The van der Waals surface area contributed by atoms with Gasteiger partial charge in [0.1, 0.15) is 0 Å². The second-order valence-electron chi connectivity index (χ2n) is 6.37. The zero-order valence-corrected chi connectivity index (χ0v) is 11.2. The van der Waals surface area contributed by atoms with E-state index in [1.54, 1.807) is 0 Å². The van der Waals surface area contributed by atoms with Crippen molar-refractivity contribution in [2.24, 2.45) is 11.1 Å². The van der Waals surface area contributed by atoms with Crippen molar-refractivity contribution < 1.29 is 0 Å². The topological polar surface area (TPSA) is 72.9 Å². The summed E-state index contributed by atoms with van der Waals surface area (Å²) in [7, 11) is 0. The first-order chi connectivity index (χ1) is 8.56. The Labute approximate surface area is 108 Å². The number of rotatable bonds is 3. The van der Waals surface area contributed by atoms with Crippen LogP contribution in [0.5, 0.6) is 0 Å². The summed E-state index contributed by atoms with van der Waals surface area (Å²) in [5.41, 5.74) is 6.34. The first-order valence-corrected chi connectivity index (χ1v) is 6.81. The number of nitrogens with two attached hydrogens (primary N) is 1. The van der Waals surface area contributed by atoms with E-state index in [1.807, 2.05) is 4.68 Å². The van der Waals surface area contributed by atoms with Gasteiger partial charge in [-0.3, -0.25) is 4.90 Å². The summed E-state index contributed by atoms with van der Waals surface area (Å²) in [5.74, 6) is 1.00. The van der Waals surface area contributed by atoms with Gasteiger partial charge in [-0.15, -0.1) is 5.10 Å². The van der Waals surface area contributed by atoms with Crippen molar-refractivity contribution in [2.45, 2.75) is 51.7 Å². The molecule has 18 heavy (non-hydrogen) atoms. The van der Waals surface area contributed by atoms with E-state index in [1.165, 1.54) is 12.8 Å². The quantitative estimate of drug-likeness (QED) is 0.849. The number of hydrogen-bond donors (Lipinski definition) is 1. The number of likely N-dealkylation sites (tertiary alicyclic amines) is 1. The average Bonchev–Trinajstić information content (AvgIpc) is 3.05. The number of hydrogen-bond acceptors (Lipinski definition) is 5. The standard InChI is InChI=1S/C12H22N6/c1-12(2)8-17(6-5-10(12)13)7-11-14-15-16-18(11)9-3-4-9/h9-10H,3-8,13H2,1-2H3. The van der Waals surface area contributed by atoms with Crippen LogP contribution in [0.3, 0.4) is 0 Å². The van der Waals surface area contributed by atoms with Crippen LogP contribution in [0.15, 0.2) is 0 Å². The highest BCUT2D eigenvalue weighted by Crippen LogP contribution is 2.35. The third kappa shape index (κ3) is 2.27. The van der Waals surface area contributed by atoms with Crippen molar-refractivity contribution in [3.63, 3.8) is 0 Å². The van der Waals surface area contributed by atoms with Crippen LogP contribution in [0, 0.1) is 5.41 Å². The van der Waals surface area contributed by atoms with Crippen LogP contribution < -0.4 is 5.73 Å². The molecular formula is C12H22N6. The van der Waals surface area contributed by atoms with Gasteiger partial charge in [0, 0.05) is 19.1 Å². The van der Waals surface area contributed by atoms with Crippen molar-refractivity contribution in [3.05, 3.63) is 5.82 Å². The van der Waals surface area contributed by atoms with Gasteiger partial charge in [-0.25, -0.2) is 4.68 Å². The van der Waals surface area contributed by atoms with Crippen molar-refractivity contribution in [1.29, 1.82) is 0 Å². The lowest BCUT2D eigenvalue weighted by Gasteiger charge is -2.42. The van der Waals surface area contributed by atoms with Gasteiger partial charge in [-0.05, 0) is 35.1 Å². The summed E-state index contributed by atoms with van der Waals surface area (Å²) < 4.78 is 2.00. The van der Waals surface area contributed by atoms with Gasteiger partial charge in [0.15, 0.2) is 5.82 Å². The second kappa shape index (κ2) is 4.28. The van der Waals surface area contributed by atoms with Crippen molar-refractivity contribution in [1.82, 2.24) is 25.1 Å². The maximum Gasteiger partial charge on any atom is 0.165 e. The molecule has 1 aliphatic heterocycles. The van der Waals surface area contributed by atoms with Crippen LogP contribution in [-0.4, -0.2) is 44.2 Å². The molecule has 2 fully saturated rings. The zero-order valence-electron chi connectivity index (χ0n) is 11.2. The Hall–Kier alpha value is -1.01. The molecule has 0 bridgehead atoms. The number of piperidine rings is 1. The molecule has 1 unspecified atom stereocenters. The van der Waals surface area contributed by atoms with E-state index in [0.29, 0.717) is 12.1 Å². The molecule has 1 saturated carbocycles. The predicted molar refractivity (Wildman–Crippen MR) is 67.7 cm³/mol. The van der Waals surface area contributed by atoms with E-state index in [4.69, 9.17) is 5.73 Å². The minimum Gasteiger partial charge on any atom is -0.327 e. The Morgan fingerprint density at radius 3 is 2.78 bits per heavy atom. The maximum atomic E-state index is 6.16. The van der Waals surface area contributed by atoms with Gasteiger partial charge in [0.25, 0.3) is 0 Å². The van der Waals surface area contributed by atoms with Crippen LogP contribution >= 0.6 is 0 Å². The Morgan fingerprint density at radius 2 is 2.11 bits per heavy atom. The highest BCUT2D eigenvalue weighted by atomic mass is 15.6. The molecule has 1 aliphatic carbocycles. The first kappa shape index (κ1) is 12.0. The molecule has 1 aromatic heterocycles. The highest BCUT2D eigenvalue weighted by Gasteiger charge is 2.34. The van der Waals surface area contributed by atoms with Crippen LogP contribution in [-0.2, 0) is 6.54 Å². The molecule has 0 amide bonds. The molecule has 2 heterocycles. The summed E-state index contributed by atoms with van der Waals surface area (Å²) in [4.78, 5) is 2.42. The Morgan fingerprint density at radius 1 is 1.33 bits per heavy atom. The number of tetrazole rings is 1. The summed E-state index contributed by atoms with van der Waals surface area (Å²) in [6.45, 7) is 7.40. The molecule has 1 saturated heterocycles.